The van der Waals surface area contributed by atoms with Gasteiger partial charge in [0.2, 0.25) is 11.9 Å². The zero-order valence-corrected chi connectivity index (χ0v) is 20.7. The van der Waals surface area contributed by atoms with E-state index in [1.54, 1.807) is 16.7 Å². The fourth-order valence-corrected chi connectivity index (χ4v) is 5.83. The molecule has 0 atom stereocenters. The summed E-state index contributed by atoms with van der Waals surface area (Å²) in [5.74, 6) is 0.428. The van der Waals surface area contributed by atoms with Gasteiger partial charge in [-0.1, -0.05) is 23.8 Å². The van der Waals surface area contributed by atoms with Crippen LogP contribution in [0, 0.1) is 11.7 Å². The molecular formula is C27H31FN4O2S. The van der Waals surface area contributed by atoms with Crippen molar-refractivity contribution in [2.24, 2.45) is 5.92 Å². The largest absolute Gasteiger partial charge is 0.356 e. The second-order valence-electron chi connectivity index (χ2n) is 9.48. The van der Waals surface area contributed by atoms with Crippen molar-refractivity contribution in [2.45, 2.75) is 51.5 Å². The van der Waals surface area contributed by atoms with Gasteiger partial charge in [-0.3, -0.25) is 14.2 Å². The van der Waals surface area contributed by atoms with Crippen LogP contribution in [-0.2, 0) is 11.3 Å². The summed E-state index contributed by atoms with van der Waals surface area (Å²) in [6.45, 7) is 2.35. The molecule has 35 heavy (non-hydrogen) atoms. The third kappa shape index (κ3) is 5.48. The van der Waals surface area contributed by atoms with Crippen LogP contribution in [0.15, 0.2) is 52.2 Å². The number of amides is 1. The van der Waals surface area contributed by atoms with E-state index in [0.29, 0.717) is 42.3 Å². The molecule has 2 aromatic heterocycles. The van der Waals surface area contributed by atoms with E-state index in [4.69, 9.17) is 4.98 Å². The van der Waals surface area contributed by atoms with Crippen LogP contribution in [0.1, 0.15) is 50.5 Å². The Hall–Kier alpha value is -3.00. The van der Waals surface area contributed by atoms with Crippen LogP contribution in [0.3, 0.4) is 0 Å². The standard InChI is InChI=1S/C27H31FN4O2S/c28-22-8-6-20(7-9-22)18-32-26(34)24-23(13-17-35-24)30-27(32)31-15-11-21(12-16-31)25(33)29-14-10-19-4-2-1-3-5-19/h4,6-9,13,17,21H,1-3,5,10-12,14-16,18H2,(H,29,33). The van der Waals surface area contributed by atoms with Gasteiger partial charge < -0.3 is 10.2 Å². The highest BCUT2D eigenvalue weighted by atomic mass is 32.1. The van der Waals surface area contributed by atoms with E-state index in [2.05, 4.69) is 16.3 Å². The van der Waals surface area contributed by atoms with Gasteiger partial charge in [0.1, 0.15) is 10.5 Å². The Bertz CT molecular complexity index is 1270. The first-order chi connectivity index (χ1) is 17.1. The lowest BCUT2D eigenvalue weighted by atomic mass is 9.95. The Kier molecular flexibility index (Phi) is 7.27. The number of hydrogen-bond donors (Lipinski definition) is 1. The number of aromatic nitrogens is 2. The Balaban J connectivity index is 1.26. The number of nitrogens with one attached hydrogen (secondary N) is 1. The molecule has 1 aliphatic carbocycles. The lowest BCUT2D eigenvalue weighted by Crippen LogP contribution is -2.43. The van der Waals surface area contributed by atoms with Crippen molar-refractivity contribution in [2.75, 3.05) is 24.5 Å². The smallest absolute Gasteiger partial charge is 0.273 e. The van der Waals surface area contributed by atoms with Crippen molar-refractivity contribution in [3.05, 3.63) is 69.1 Å². The molecule has 8 heteroatoms. The quantitative estimate of drug-likeness (QED) is 0.476. The van der Waals surface area contributed by atoms with Crippen molar-refractivity contribution in [1.82, 2.24) is 14.9 Å². The van der Waals surface area contributed by atoms with Crippen LogP contribution in [-0.4, -0.2) is 35.1 Å². The maximum Gasteiger partial charge on any atom is 0.273 e. The first kappa shape index (κ1) is 23.7. The van der Waals surface area contributed by atoms with E-state index in [-0.39, 0.29) is 23.2 Å². The molecule has 0 spiro atoms. The molecule has 1 N–H and O–H groups in total. The minimum absolute atomic E-state index is 0.0197. The van der Waals surface area contributed by atoms with Crippen LogP contribution < -0.4 is 15.8 Å². The Labute approximate surface area is 208 Å². The molecule has 184 valence electrons. The molecule has 1 fully saturated rings. The summed E-state index contributed by atoms with van der Waals surface area (Å²) in [5, 5.41) is 5.01. The molecule has 5 rings (SSSR count). The molecule has 1 aliphatic heterocycles. The molecule has 1 saturated heterocycles. The van der Waals surface area contributed by atoms with Crippen LogP contribution in [0.4, 0.5) is 10.3 Å². The second kappa shape index (κ2) is 10.7. The lowest BCUT2D eigenvalue weighted by Gasteiger charge is -2.33. The summed E-state index contributed by atoms with van der Waals surface area (Å²) in [6, 6.07) is 8.08. The van der Waals surface area contributed by atoms with Crippen LogP contribution >= 0.6 is 11.3 Å². The van der Waals surface area contributed by atoms with Gasteiger partial charge in [0, 0.05) is 25.6 Å². The summed E-state index contributed by atoms with van der Waals surface area (Å²) in [6.07, 6.45) is 9.59. The lowest BCUT2D eigenvalue weighted by molar-refractivity contribution is -0.125. The number of allylic oxidation sites excluding steroid dienone is 1. The van der Waals surface area contributed by atoms with Gasteiger partial charge in [0.05, 0.1) is 12.1 Å². The number of nitrogens with zero attached hydrogens (tertiary/aromatic N) is 3. The van der Waals surface area contributed by atoms with Gasteiger partial charge in [-0.25, -0.2) is 9.37 Å². The molecule has 0 saturated carbocycles. The van der Waals surface area contributed by atoms with E-state index in [9.17, 15) is 14.0 Å². The molecule has 1 amide bonds. The molecular weight excluding hydrogens is 463 g/mol. The number of fused-ring (bicyclic) bond motifs is 1. The minimum atomic E-state index is -0.302. The molecule has 6 nitrogen and oxygen atoms in total. The minimum Gasteiger partial charge on any atom is -0.356 e. The Morgan fingerprint density at radius 3 is 2.69 bits per heavy atom. The second-order valence-corrected chi connectivity index (χ2v) is 10.4. The third-order valence-electron chi connectivity index (χ3n) is 7.08. The van der Waals surface area contributed by atoms with E-state index in [0.717, 1.165) is 31.2 Å². The maximum atomic E-state index is 13.4. The number of thiophene rings is 1. The van der Waals surface area contributed by atoms with Gasteiger partial charge in [0.15, 0.2) is 0 Å². The van der Waals surface area contributed by atoms with E-state index < -0.39 is 0 Å². The van der Waals surface area contributed by atoms with Crippen molar-refractivity contribution < 1.29 is 9.18 Å². The predicted octanol–water partition coefficient (Wildman–Crippen LogP) is 4.87. The molecule has 0 unspecified atom stereocenters. The average Bonchev–Trinajstić information content (AvgIpc) is 3.37. The topological polar surface area (TPSA) is 67.2 Å². The normalized spacial score (nSPS) is 16.9. The van der Waals surface area contributed by atoms with Crippen molar-refractivity contribution >= 4 is 33.4 Å². The van der Waals surface area contributed by atoms with Crippen molar-refractivity contribution in [3.63, 3.8) is 0 Å². The maximum absolute atomic E-state index is 13.4. The number of benzene rings is 1. The zero-order valence-electron chi connectivity index (χ0n) is 19.8. The summed E-state index contributed by atoms with van der Waals surface area (Å²) in [7, 11) is 0. The Morgan fingerprint density at radius 1 is 1.14 bits per heavy atom. The fraction of sp³-hybridized carbons (Fsp3) is 0.444. The fourth-order valence-electron chi connectivity index (χ4n) is 5.05. The number of carbonyl (C=O) groups excluding carboxylic acids is 1. The monoisotopic (exact) mass is 494 g/mol. The number of halogens is 1. The molecule has 3 heterocycles. The van der Waals surface area contributed by atoms with Crippen LogP contribution in [0.25, 0.3) is 10.2 Å². The van der Waals surface area contributed by atoms with E-state index in [1.165, 1.54) is 48.3 Å². The predicted molar refractivity (Wildman–Crippen MR) is 138 cm³/mol. The number of hydrogen-bond acceptors (Lipinski definition) is 5. The highest BCUT2D eigenvalue weighted by Crippen LogP contribution is 2.25. The number of piperidine rings is 1. The number of carbonyl (C=O) groups is 1. The highest BCUT2D eigenvalue weighted by molar-refractivity contribution is 7.17. The summed E-state index contributed by atoms with van der Waals surface area (Å²) >= 11 is 1.39. The summed E-state index contributed by atoms with van der Waals surface area (Å²) in [4.78, 5) is 33.0. The molecule has 3 aromatic rings. The van der Waals surface area contributed by atoms with Crippen LogP contribution in [0.5, 0.6) is 0 Å². The van der Waals surface area contributed by atoms with Crippen LogP contribution in [0.2, 0.25) is 0 Å². The zero-order chi connectivity index (χ0) is 24.2. The van der Waals surface area contributed by atoms with Gasteiger partial charge in [-0.05, 0) is 74.1 Å². The Morgan fingerprint density at radius 2 is 1.94 bits per heavy atom. The van der Waals surface area contributed by atoms with Gasteiger partial charge in [-0.2, -0.15) is 0 Å². The molecule has 2 aliphatic rings. The van der Waals surface area contributed by atoms with Gasteiger partial charge in [0.25, 0.3) is 5.56 Å². The molecule has 1 aromatic carbocycles. The van der Waals surface area contributed by atoms with Crippen molar-refractivity contribution in [3.8, 4) is 0 Å². The molecule has 0 radical (unpaired) electrons. The number of anilines is 1. The SMILES string of the molecule is O=C(NCCC1=CCCCC1)C1CCN(c2nc3ccsc3c(=O)n2Cc2ccc(F)cc2)CC1. The number of rotatable bonds is 7. The first-order valence-corrected chi connectivity index (χ1v) is 13.4. The molecule has 0 bridgehead atoms. The van der Waals surface area contributed by atoms with E-state index in [1.807, 2.05) is 11.4 Å². The highest BCUT2D eigenvalue weighted by Gasteiger charge is 2.27. The van der Waals surface area contributed by atoms with Gasteiger partial charge >= 0.3 is 0 Å². The first-order valence-electron chi connectivity index (χ1n) is 12.5. The summed E-state index contributed by atoms with van der Waals surface area (Å²) in [5.41, 5.74) is 2.93. The third-order valence-corrected chi connectivity index (χ3v) is 7.97. The average molecular weight is 495 g/mol. The summed E-state index contributed by atoms with van der Waals surface area (Å²) < 4.78 is 15.7. The van der Waals surface area contributed by atoms with E-state index >= 15 is 0 Å². The van der Waals surface area contributed by atoms with Gasteiger partial charge in [-0.15, -0.1) is 11.3 Å². The van der Waals surface area contributed by atoms with Crippen molar-refractivity contribution in [1.29, 1.82) is 0 Å².